The number of nitrogens with one attached hydrogen (secondary N) is 2. The second-order valence-electron chi connectivity index (χ2n) is 7.41. The van der Waals surface area contributed by atoms with Crippen LogP contribution >= 0.6 is 12.4 Å². The fourth-order valence-electron chi connectivity index (χ4n) is 3.42. The lowest BCUT2D eigenvalue weighted by Crippen LogP contribution is -2.33. The van der Waals surface area contributed by atoms with Crippen LogP contribution in [0.3, 0.4) is 0 Å². The van der Waals surface area contributed by atoms with Crippen LogP contribution in [0.4, 0.5) is 0 Å². The summed E-state index contributed by atoms with van der Waals surface area (Å²) < 4.78 is 5.91. The number of rotatable bonds is 8. The second-order valence-corrected chi connectivity index (χ2v) is 7.41. The van der Waals surface area contributed by atoms with Crippen molar-refractivity contribution in [1.82, 2.24) is 10.6 Å². The smallest absolute Gasteiger partial charge is 0.220 e. The van der Waals surface area contributed by atoms with Gasteiger partial charge in [-0.3, -0.25) is 4.79 Å². The highest BCUT2D eigenvalue weighted by molar-refractivity contribution is 5.85. The first-order valence-electron chi connectivity index (χ1n) is 9.40. The van der Waals surface area contributed by atoms with Gasteiger partial charge in [0.25, 0.3) is 0 Å². The Bertz CT molecular complexity index is 542. The van der Waals surface area contributed by atoms with Gasteiger partial charge in [-0.05, 0) is 62.6 Å². The quantitative estimate of drug-likeness (QED) is 0.739. The maximum atomic E-state index is 12.3. The van der Waals surface area contributed by atoms with Gasteiger partial charge in [-0.15, -0.1) is 12.4 Å². The molecule has 1 aliphatic heterocycles. The van der Waals surface area contributed by atoms with E-state index in [4.69, 9.17) is 4.74 Å². The number of hydrogen-bond donors (Lipinski definition) is 2. The average molecular weight is 367 g/mol. The maximum absolute atomic E-state index is 12.3. The summed E-state index contributed by atoms with van der Waals surface area (Å²) in [7, 11) is 0. The van der Waals surface area contributed by atoms with E-state index in [1.807, 2.05) is 24.3 Å². The third-order valence-corrected chi connectivity index (χ3v) is 5.32. The second kappa shape index (κ2) is 10.0. The van der Waals surface area contributed by atoms with Gasteiger partial charge in [-0.1, -0.05) is 25.1 Å². The fourth-order valence-corrected chi connectivity index (χ4v) is 3.42. The van der Waals surface area contributed by atoms with E-state index in [-0.39, 0.29) is 18.3 Å². The van der Waals surface area contributed by atoms with Gasteiger partial charge >= 0.3 is 0 Å². The molecular formula is C20H31ClN2O2. The van der Waals surface area contributed by atoms with E-state index in [0.717, 1.165) is 36.9 Å². The third kappa shape index (κ3) is 6.52. The molecule has 1 heterocycles. The Kier molecular flexibility index (Phi) is 8.04. The molecule has 0 bridgehead atoms. The van der Waals surface area contributed by atoms with Crippen LogP contribution in [0.5, 0.6) is 5.75 Å². The van der Waals surface area contributed by atoms with Crippen molar-refractivity contribution in [3.05, 3.63) is 29.8 Å². The van der Waals surface area contributed by atoms with E-state index < -0.39 is 0 Å². The highest BCUT2D eigenvalue weighted by Crippen LogP contribution is 2.30. The van der Waals surface area contributed by atoms with Crippen LogP contribution in [0.25, 0.3) is 0 Å². The Morgan fingerprint density at radius 1 is 1.24 bits per heavy atom. The van der Waals surface area contributed by atoms with Crippen molar-refractivity contribution >= 4 is 18.3 Å². The molecule has 1 saturated heterocycles. The van der Waals surface area contributed by atoms with Gasteiger partial charge in [0.1, 0.15) is 5.75 Å². The number of halogens is 1. The molecule has 140 valence electrons. The first-order chi connectivity index (χ1) is 11.7. The number of para-hydroxylation sites is 1. The summed E-state index contributed by atoms with van der Waals surface area (Å²) in [4.78, 5) is 12.3. The summed E-state index contributed by atoms with van der Waals surface area (Å²) in [5.41, 5.74) is 1.07. The number of hydrogen-bond acceptors (Lipinski definition) is 3. The standard InChI is InChI=1S/C20H30N2O2.ClH/c1-15(17-8-10-21-11-9-17)12-20(23)22-13-18-4-2-3-5-19(18)24-14-16-6-7-16;/h2-5,15-17,21H,6-14H2,1H3,(H,22,23);1H. The normalized spacial score (nSPS) is 18.9. The minimum absolute atomic E-state index is 0. The van der Waals surface area contributed by atoms with E-state index in [1.165, 1.54) is 25.7 Å². The van der Waals surface area contributed by atoms with Gasteiger partial charge in [0, 0.05) is 18.5 Å². The van der Waals surface area contributed by atoms with Crippen molar-refractivity contribution in [3.63, 3.8) is 0 Å². The molecular weight excluding hydrogens is 336 g/mol. The van der Waals surface area contributed by atoms with Gasteiger partial charge in [0.15, 0.2) is 0 Å². The molecule has 2 N–H and O–H groups in total. The summed E-state index contributed by atoms with van der Waals surface area (Å²) in [5, 5.41) is 6.46. The molecule has 1 unspecified atom stereocenters. The van der Waals surface area contributed by atoms with Crippen LogP contribution in [0, 0.1) is 17.8 Å². The number of piperidine rings is 1. The minimum atomic E-state index is 0. The molecule has 0 aromatic heterocycles. The van der Waals surface area contributed by atoms with E-state index >= 15 is 0 Å². The van der Waals surface area contributed by atoms with Crippen molar-refractivity contribution in [2.75, 3.05) is 19.7 Å². The Hall–Kier alpha value is -1.26. The number of amides is 1. The fraction of sp³-hybridized carbons (Fsp3) is 0.650. The molecule has 1 aromatic carbocycles. The molecule has 1 amide bonds. The van der Waals surface area contributed by atoms with Crippen molar-refractivity contribution in [2.45, 2.75) is 45.6 Å². The topological polar surface area (TPSA) is 50.4 Å². The van der Waals surface area contributed by atoms with E-state index in [2.05, 4.69) is 17.6 Å². The summed E-state index contributed by atoms with van der Waals surface area (Å²) in [5.74, 6) is 2.92. The molecule has 3 rings (SSSR count). The zero-order valence-electron chi connectivity index (χ0n) is 15.1. The van der Waals surface area contributed by atoms with Crippen LogP contribution in [-0.2, 0) is 11.3 Å². The first kappa shape index (κ1) is 20.1. The van der Waals surface area contributed by atoms with Crippen LogP contribution in [0.15, 0.2) is 24.3 Å². The molecule has 0 radical (unpaired) electrons. The summed E-state index contributed by atoms with van der Waals surface area (Å²) >= 11 is 0. The molecule has 25 heavy (non-hydrogen) atoms. The van der Waals surface area contributed by atoms with Gasteiger partial charge in [0.2, 0.25) is 5.91 Å². The number of benzene rings is 1. The van der Waals surface area contributed by atoms with Gasteiger partial charge in [0.05, 0.1) is 6.61 Å². The largest absolute Gasteiger partial charge is 0.493 e. The average Bonchev–Trinajstić information content (AvgIpc) is 3.44. The SMILES string of the molecule is CC(CC(=O)NCc1ccccc1OCC1CC1)C1CCNCC1.Cl. The molecule has 0 spiro atoms. The van der Waals surface area contributed by atoms with Crippen LogP contribution < -0.4 is 15.4 Å². The molecule has 4 nitrogen and oxygen atoms in total. The van der Waals surface area contributed by atoms with Crippen molar-refractivity contribution < 1.29 is 9.53 Å². The summed E-state index contributed by atoms with van der Waals surface area (Å²) in [6, 6.07) is 8.04. The predicted molar refractivity (Wildman–Crippen MR) is 103 cm³/mol. The third-order valence-electron chi connectivity index (χ3n) is 5.32. The lowest BCUT2D eigenvalue weighted by molar-refractivity contribution is -0.122. The Balaban J connectivity index is 0.00000225. The Morgan fingerprint density at radius 2 is 1.96 bits per heavy atom. The van der Waals surface area contributed by atoms with Gasteiger partial charge in [-0.25, -0.2) is 0 Å². The molecule has 1 aromatic rings. The lowest BCUT2D eigenvalue weighted by Gasteiger charge is -2.27. The number of carbonyl (C=O) groups is 1. The molecule has 5 heteroatoms. The van der Waals surface area contributed by atoms with Gasteiger partial charge in [-0.2, -0.15) is 0 Å². The van der Waals surface area contributed by atoms with E-state index in [9.17, 15) is 4.79 Å². The highest BCUT2D eigenvalue weighted by Gasteiger charge is 2.23. The Labute approximate surface area is 157 Å². The summed E-state index contributed by atoms with van der Waals surface area (Å²) in [6.07, 6.45) is 5.56. The van der Waals surface area contributed by atoms with Crippen LogP contribution in [-0.4, -0.2) is 25.6 Å². The van der Waals surface area contributed by atoms with Crippen molar-refractivity contribution in [3.8, 4) is 5.75 Å². The molecule has 1 saturated carbocycles. The zero-order chi connectivity index (χ0) is 16.8. The van der Waals surface area contributed by atoms with E-state index in [0.29, 0.717) is 24.8 Å². The Morgan fingerprint density at radius 3 is 2.68 bits per heavy atom. The van der Waals surface area contributed by atoms with Crippen LogP contribution in [0.2, 0.25) is 0 Å². The molecule has 1 atom stereocenters. The van der Waals surface area contributed by atoms with Gasteiger partial charge < -0.3 is 15.4 Å². The van der Waals surface area contributed by atoms with Crippen molar-refractivity contribution in [2.24, 2.45) is 17.8 Å². The number of ether oxygens (including phenoxy) is 1. The van der Waals surface area contributed by atoms with Crippen molar-refractivity contribution in [1.29, 1.82) is 0 Å². The summed E-state index contributed by atoms with van der Waals surface area (Å²) in [6.45, 7) is 5.74. The monoisotopic (exact) mass is 366 g/mol. The highest BCUT2D eigenvalue weighted by atomic mass is 35.5. The van der Waals surface area contributed by atoms with E-state index in [1.54, 1.807) is 0 Å². The first-order valence-corrected chi connectivity index (χ1v) is 9.40. The predicted octanol–water partition coefficient (Wildman–Crippen LogP) is 3.54. The molecule has 1 aliphatic carbocycles. The molecule has 2 aliphatic rings. The lowest BCUT2D eigenvalue weighted by atomic mass is 9.84. The maximum Gasteiger partial charge on any atom is 0.220 e. The molecule has 2 fully saturated rings. The number of carbonyl (C=O) groups excluding carboxylic acids is 1. The van der Waals surface area contributed by atoms with Crippen LogP contribution in [0.1, 0.15) is 44.6 Å². The zero-order valence-corrected chi connectivity index (χ0v) is 15.9. The minimum Gasteiger partial charge on any atom is -0.493 e.